The summed E-state index contributed by atoms with van der Waals surface area (Å²) in [7, 11) is 0. The van der Waals surface area contributed by atoms with Gasteiger partial charge in [0.1, 0.15) is 0 Å². The van der Waals surface area contributed by atoms with Gasteiger partial charge in [-0.15, -0.1) is 0 Å². The fourth-order valence-corrected chi connectivity index (χ4v) is 4.69. The van der Waals surface area contributed by atoms with Crippen molar-refractivity contribution in [2.24, 2.45) is 0 Å². The Balaban J connectivity index is 1.40. The third kappa shape index (κ3) is 3.76. The Hall–Kier alpha value is -3.65. The number of rotatable bonds is 3. The van der Waals surface area contributed by atoms with Gasteiger partial charge < -0.3 is 9.88 Å². The number of H-pyrrole nitrogens is 1. The van der Waals surface area contributed by atoms with E-state index in [2.05, 4.69) is 10.1 Å². The largest absolute Gasteiger partial charge is 0.337 e. The number of amides is 1. The van der Waals surface area contributed by atoms with Gasteiger partial charge in [-0.1, -0.05) is 35.9 Å². The number of nitrogens with one attached hydrogen (secondary N) is 1. The van der Waals surface area contributed by atoms with Crippen LogP contribution in [0.4, 0.5) is 0 Å². The minimum absolute atomic E-state index is 0.0246. The average molecular weight is 464 g/mol. The fraction of sp³-hybridized carbons (Fsp3) is 0.250. The molecule has 1 fully saturated rings. The van der Waals surface area contributed by atoms with E-state index in [-0.39, 0.29) is 17.4 Å². The molecule has 1 aliphatic rings. The molecule has 1 N–H and O–H groups in total. The Labute approximate surface area is 194 Å². The van der Waals surface area contributed by atoms with E-state index in [1.54, 1.807) is 34.6 Å². The van der Waals surface area contributed by atoms with E-state index in [9.17, 15) is 14.4 Å². The molecule has 9 heteroatoms. The molecular formula is C24H22ClN5O3. The van der Waals surface area contributed by atoms with E-state index < -0.39 is 11.3 Å². The van der Waals surface area contributed by atoms with Crippen LogP contribution in [0.2, 0.25) is 5.02 Å². The number of para-hydroxylation sites is 3. The summed E-state index contributed by atoms with van der Waals surface area (Å²) >= 11 is 6.31. The molecule has 1 saturated heterocycles. The van der Waals surface area contributed by atoms with Gasteiger partial charge >= 0.3 is 5.69 Å². The number of hydrogen-bond donors (Lipinski definition) is 1. The maximum absolute atomic E-state index is 13.2. The number of nitrogens with zero attached hydrogens (tertiary/aromatic N) is 4. The maximum atomic E-state index is 13.2. The second-order valence-corrected chi connectivity index (χ2v) is 8.61. The average Bonchev–Trinajstić information content (AvgIpc) is 3.15. The van der Waals surface area contributed by atoms with Crippen molar-refractivity contribution in [2.75, 3.05) is 13.1 Å². The molecule has 0 spiro atoms. The molecule has 2 aromatic heterocycles. The van der Waals surface area contributed by atoms with Crippen LogP contribution in [0.1, 0.15) is 35.1 Å². The smallest absolute Gasteiger partial charge is 0.326 e. The van der Waals surface area contributed by atoms with Crippen LogP contribution in [-0.2, 0) is 0 Å². The molecule has 1 amide bonds. The number of likely N-dealkylation sites (tertiary alicyclic amines) is 1. The van der Waals surface area contributed by atoms with Crippen molar-refractivity contribution in [3.63, 3.8) is 0 Å². The molecule has 0 aliphatic carbocycles. The van der Waals surface area contributed by atoms with E-state index in [0.29, 0.717) is 42.3 Å². The lowest BCUT2D eigenvalue weighted by atomic mass is 10.0. The summed E-state index contributed by atoms with van der Waals surface area (Å²) in [5, 5.41) is 4.84. The number of fused-ring (bicyclic) bond motifs is 1. The van der Waals surface area contributed by atoms with E-state index in [4.69, 9.17) is 11.6 Å². The minimum atomic E-state index is -0.421. The van der Waals surface area contributed by atoms with Gasteiger partial charge in [-0.2, -0.15) is 5.10 Å². The van der Waals surface area contributed by atoms with E-state index in [1.807, 2.05) is 30.3 Å². The number of aromatic nitrogens is 4. The molecule has 0 atom stereocenters. The predicted octanol–water partition coefficient (Wildman–Crippen LogP) is 3.31. The number of carbonyl (C=O) groups is 1. The summed E-state index contributed by atoms with van der Waals surface area (Å²) in [5.41, 5.74) is 2.13. The monoisotopic (exact) mass is 463 g/mol. The van der Waals surface area contributed by atoms with Gasteiger partial charge in [-0.05, 0) is 44.0 Å². The van der Waals surface area contributed by atoms with Gasteiger partial charge in [0.05, 0.1) is 21.7 Å². The highest BCUT2D eigenvalue weighted by Gasteiger charge is 2.29. The van der Waals surface area contributed by atoms with Gasteiger partial charge in [0, 0.05) is 30.9 Å². The molecular weight excluding hydrogens is 442 g/mol. The summed E-state index contributed by atoms with van der Waals surface area (Å²) < 4.78 is 3.29. The third-order valence-corrected chi connectivity index (χ3v) is 6.45. The summed E-state index contributed by atoms with van der Waals surface area (Å²) in [6.45, 7) is 2.60. The Morgan fingerprint density at radius 3 is 2.52 bits per heavy atom. The van der Waals surface area contributed by atoms with Crippen molar-refractivity contribution < 1.29 is 4.79 Å². The molecule has 2 aromatic carbocycles. The van der Waals surface area contributed by atoms with Crippen LogP contribution in [0.15, 0.2) is 64.2 Å². The zero-order valence-electron chi connectivity index (χ0n) is 18.0. The number of halogens is 1. The van der Waals surface area contributed by atoms with Gasteiger partial charge in [-0.25, -0.2) is 9.48 Å². The number of imidazole rings is 1. The molecule has 4 aromatic rings. The first-order valence-electron chi connectivity index (χ1n) is 10.8. The molecule has 0 radical (unpaired) electrons. The van der Waals surface area contributed by atoms with E-state index in [1.165, 1.54) is 10.7 Å². The topological polar surface area (TPSA) is 93.0 Å². The number of hydrogen-bond acceptors (Lipinski definition) is 4. The summed E-state index contributed by atoms with van der Waals surface area (Å²) in [4.78, 5) is 42.9. The fourth-order valence-electron chi connectivity index (χ4n) is 4.48. The van der Waals surface area contributed by atoms with Gasteiger partial charge in [0.2, 0.25) is 5.43 Å². The summed E-state index contributed by atoms with van der Waals surface area (Å²) in [6.07, 6.45) is 1.22. The molecule has 168 valence electrons. The quantitative estimate of drug-likeness (QED) is 0.504. The van der Waals surface area contributed by atoms with Crippen molar-refractivity contribution in [3.05, 3.63) is 91.7 Å². The van der Waals surface area contributed by atoms with Crippen molar-refractivity contribution in [2.45, 2.75) is 25.8 Å². The van der Waals surface area contributed by atoms with E-state index in [0.717, 1.165) is 11.0 Å². The predicted molar refractivity (Wildman–Crippen MR) is 126 cm³/mol. The zero-order valence-corrected chi connectivity index (χ0v) is 18.7. The summed E-state index contributed by atoms with van der Waals surface area (Å²) in [5.74, 6) is -0.412. The van der Waals surface area contributed by atoms with Crippen LogP contribution < -0.4 is 11.1 Å². The highest BCUT2D eigenvalue weighted by Crippen LogP contribution is 2.25. The van der Waals surface area contributed by atoms with Crippen molar-refractivity contribution in [3.8, 4) is 5.69 Å². The second-order valence-electron chi connectivity index (χ2n) is 8.20. The number of benzene rings is 2. The number of piperidine rings is 1. The first kappa shape index (κ1) is 21.2. The standard InChI is InChI=1S/C24H22ClN5O3/c1-15-14-21(31)22(27-30(15)19-8-4-2-6-17(19)25)23(32)28-12-10-16(11-13-28)29-20-9-5-3-7-18(20)26-24(29)33/h2-9,14,16H,10-13H2,1H3,(H,26,33). The molecule has 0 bridgehead atoms. The van der Waals surface area contributed by atoms with Crippen molar-refractivity contribution in [1.29, 1.82) is 0 Å². The molecule has 5 rings (SSSR count). The zero-order chi connectivity index (χ0) is 23.1. The van der Waals surface area contributed by atoms with Crippen molar-refractivity contribution >= 4 is 28.5 Å². The van der Waals surface area contributed by atoms with Crippen LogP contribution in [0.5, 0.6) is 0 Å². The van der Waals surface area contributed by atoms with Crippen molar-refractivity contribution in [1.82, 2.24) is 24.2 Å². The molecule has 0 saturated carbocycles. The molecule has 8 nitrogen and oxygen atoms in total. The lowest BCUT2D eigenvalue weighted by molar-refractivity contribution is 0.0685. The molecule has 33 heavy (non-hydrogen) atoms. The normalized spacial score (nSPS) is 14.7. The summed E-state index contributed by atoms with van der Waals surface area (Å²) in [6, 6.07) is 16.1. The number of aromatic amines is 1. The highest BCUT2D eigenvalue weighted by molar-refractivity contribution is 6.32. The molecule has 1 aliphatic heterocycles. The van der Waals surface area contributed by atoms with Crippen LogP contribution in [0.3, 0.4) is 0 Å². The first-order chi connectivity index (χ1) is 15.9. The molecule has 0 unspecified atom stereocenters. The van der Waals surface area contributed by atoms with Crippen LogP contribution >= 0.6 is 11.6 Å². The maximum Gasteiger partial charge on any atom is 0.326 e. The van der Waals surface area contributed by atoms with Gasteiger partial charge in [0.15, 0.2) is 5.69 Å². The number of aryl methyl sites for hydroxylation is 1. The van der Waals surface area contributed by atoms with Gasteiger partial charge in [0.25, 0.3) is 5.91 Å². The molecule has 3 heterocycles. The Kier molecular flexibility index (Phi) is 5.38. The lowest BCUT2D eigenvalue weighted by Crippen LogP contribution is -2.42. The second kappa shape index (κ2) is 8.37. The first-order valence-corrected chi connectivity index (χ1v) is 11.2. The van der Waals surface area contributed by atoms with Crippen LogP contribution in [0, 0.1) is 6.92 Å². The SMILES string of the molecule is Cc1cc(=O)c(C(=O)N2CCC(n3c(=O)[nH]c4ccccc43)CC2)nn1-c1ccccc1Cl. The third-order valence-electron chi connectivity index (χ3n) is 6.13. The lowest BCUT2D eigenvalue weighted by Gasteiger charge is -2.32. The van der Waals surface area contributed by atoms with Crippen LogP contribution in [-0.4, -0.2) is 43.2 Å². The van der Waals surface area contributed by atoms with E-state index >= 15 is 0 Å². The Morgan fingerprint density at radius 1 is 1.06 bits per heavy atom. The number of carbonyl (C=O) groups excluding carboxylic acids is 1. The highest BCUT2D eigenvalue weighted by atomic mass is 35.5. The van der Waals surface area contributed by atoms with Gasteiger partial charge in [-0.3, -0.25) is 14.2 Å². The minimum Gasteiger partial charge on any atom is -0.337 e. The Morgan fingerprint density at radius 2 is 1.76 bits per heavy atom. The Bertz CT molecular complexity index is 1480. The van der Waals surface area contributed by atoms with Crippen LogP contribution in [0.25, 0.3) is 16.7 Å².